The summed E-state index contributed by atoms with van der Waals surface area (Å²) in [4.78, 5) is 18.8. The quantitative estimate of drug-likeness (QED) is 0.649. The van der Waals surface area contributed by atoms with E-state index in [2.05, 4.69) is 10.3 Å². The number of carbonyl (C=O) groups excluding carboxylic acids is 1. The zero-order chi connectivity index (χ0) is 22.6. The number of aromatic nitrogens is 1. The van der Waals surface area contributed by atoms with Gasteiger partial charge in [-0.05, 0) is 34.9 Å². The number of ether oxygens (including phenoxy) is 1. The Morgan fingerprint density at radius 2 is 2.03 bits per heavy atom. The zero-order valence-electron chi connectivity index (χ0n) is 16.6. The maximum Gasteiger partial charge on any atom is 0.433 e. The Balaban J connectivity index is 1.79. The summed E-state index contributed by atoms with van der Waals surface area (Å²) in [6.07, 6.45) is -1.84. The zero-order valence-corrected chi connectivity index (χ0v) is 18.2. The topological polar surface area (TPSA) is 77.5 Å². The van der Waals surface area contributed by atoms with Crippen LogP contribution in [0.3, 0.4) is 0 Å². The van der Waals surface area contributed by atoms with Crippen molar-refractivity contribution in [2.45, 2.75) is 17.1 Å². The third-order valence-electron chi connectivity index (χ3n) is 4.92. The molecule has 2 unspecified atom stereocenters. The van der Waals surface area contributed by atoms with Crippen molar-refractivity contribution in [1.82, 2.24) is 15.2 Å². The van der Waals surface area contributed by atoms with Crippen LogP contribution in [0.1, 0.15) is 27.7 Å². The molecule has 6 nitrogen and oxygen atoms in total. The van der Waals surface area contributed by atoms with Crippen LogP contribution in [0.5, 0.6) is 0 Å². The lowest BCUT2D eigenvalue weighted by Crippen LogP contribution is -2.44. The van der Waals surface area contributed by atoms with E-state index in [1.54, 1.807) is 6.07 Å². The lowest BCUT2D eigenvalue weighted by molar-refractivity contribution is -0.141. The van der Waals surface area contributed by atoms with E-state index in [9.17, 15) is 22.5 Å². The van der Waals surface area contributed by atoms with Gasteiger partial charge < -0.3 is 14.6 Å². The Kier molecular flexibility index (Phi) is 7.82. The van der Waals surface area contributed by atoms with Crippen molar-refractivity contribution in [2.75, 3.05) is 39.1 Å². The van der Waals surface area contributed by atoms with Crippen LogP contribution in [0.15, 0.2) is 41.4 Å². The van der Waals surface area contributed by atoms with E-state index in [0.29, 0.717) is 36.8 Å². The molecule has 3 rings (SSSR count). The van der Waals surface area contributed by atoms with Crippen molar-refractivity contribution >= 4 is 28.7 Å². The Labute approximate surface area is 185 Å². The second-order valence-electron chi connectivity index (χ2n) is 6.94. The van der Waals surface area contributed by atoms with Crippen molar-refractivity contribution in [1.29, 1.82) is 0 Å². The van der Waals surface area contributed by atoms with Gasteiger partial charge in [-0.15, -0.1) is 0 Å². The molecule has 1 aromatic heterocycles. The van der Waals surface area contributed by atoms with Crippen LogP contribution in [0.2, 0.25) is 5.02 Å². The monoisotopic (exact) mass is 475 g/mol. The Morgan fingerprint density at radius 1 is 1.32 bits per heavy atom. The van der Waals surface area contributed by atoms with Gasteiger partial charge in [0.15, 0.2) is 4.90 Å². The van der Waals surface area contributed by atoms with Gasteiger partial charge in [0.1, 0.15) is 11.9 Å². The minimum atomic E-state index is -4.53. The third-order valence-corrected chi connectivity index (χ3v) is 6.17. The van der Waals surface area contributed by atoms with E-state index in [0.717, 1.165) is 6.07 Å². The van der Waals surface area contributed by atoms with E-state index in [1.165, 1.54) is 30.7 Å². The number of benzene rings is 1. The molecule has 1 saturated heterocycles. The fraction of sp³-hybridized carbons (Fsp3) is 0.400. The molecule has 168 valence electrons. The van der Waals surface area contributed by atoms with Gasteiger partial charge >= 0.3 is 6.18 Å². The minimum absolute atomic E-state index is 0.127. The molecule has 0 aliphatic carbocycles. The van der Waals surface area contributed by atoms with Crippen molar-refractivity contribution < 1.29 is 27.3 Å². The molecule has 2 atom stereocenters. The number of carbonyl (C=O) groups is 1. The summed E-state index contributed by atoms with van der Waals surface area (Å²) in [5.41, 5.74) is -0.248. The molecule has 1 N–H and O–H groups in total. The largest absolute Gasteiger partial charge is 0.612 e. The first-order valence-electron chi connectivity index (χ1n) is 9.43. The summed E-state index contributed by atoms with van der Waals surface area (Å²) >= 11 is 4.85. The minimum Gasteiger partial charge on any atom is -0.612 e. The normalized spacial score (nSPS) is 17.2. The van der Waals surface area contributed by atoms with Crippen LogP contribution in [-0.2, 0) is 22.1 Å². The highest BCUT2D eigenvalue weighted by atomic mass is 35.5. The fourth-order valence-electron chi connectivity index (χ4n) is 3.26. The Hall–Kier alpha value is -1.85. The molecule has 1 aromatic carbocycles. The number of rotatable bonds is 6. The average Bonchev–Trinajstić information content (AvgIpc) is 2.74. The number of hydrogen-bond donors (Lipinski definition) is 1. The number of nitrogens with one attached hydrogen (secondary N) is 1. The molecule has 1 aliphatic heterocycles. The molecule has 11 heteroatoms. The first kappa shape index (κ1) is 23.8. The second-order valence-corrected chi connectivity index (χ2v) is 8.73. The van der Waals surface area contributed by atoms with E-state index >= 15 is 0 Å². The van der Waals surface area contributed by atoms with Crippen molar-refractivity contribution in [3.05, 3.63) is 58.4 Å². The first-order valence-corrected chi connectivity index (χ1v) is 11.4. The Morgan fingerprint density at radius 3 is 2.61 bits per heavy atom. The van der Waals surface area contributed by atoms with Crippen molar-refractivity contribution in [3.63, 3.8) is 0 Å². The molecule has 0 spiro atoms. The van der Waals surface area contributed by atoms with Crippen molar-refractivity contribution in [2.24, 2.45) is 0 Å². The molecule has 0 bridgehead atoms. The van der Waals surface area contributed by atoms with Crippen molar-refractivity contribution in [3.8, 4) is 0 Å². The van der Waals surface area contributed by atoms with Crippen LogP contribution >= 0.6 is 11.6 Å². The molecule has 2 heterocycles. The smallest absolute Gasteiger partial charge is 0.433 e. The maximum atomic E-state index is 12.9. The van der Waals surface area contributed by atoms with Gasteiger partial charge in [-0.3, -0.25) is 14.7 Å². The average molecular weight is 476 g/mol. The predicted molar refractivity (Wildman–Crippen MR) is 110 cm³/mol. The van der Waals surface area contributed by atoms with E-state index in [-0.39, 0.29) is 17.1 Å². The molecular formula is C20H21ClF3N3O3S. The molecule has 0 saturated carbocycles. The van der Waals surface area contributed by atoms with Crippen LogP contribution in [0.25, 0.3) is 0 Å². The summed E-state index contributed by atoms with van der Waals surface area (Å²) in [6.45, 7) is 2.21. The summed E-state index contributed by atoms with van der Waals surface area (Å²) in [7, 11) is 0. The second kappa shape index (κ2) is 10.2. The molecule has 2 aromatic rings. The van der Waals surface area contributed by atoms with Gasteiger partial charge in [0, 0.05) is 31.9 Å². The molecule has 1 aliphatic rings. The lowest BCUT2D eigenvalue weighted by atomic mass is 10.1. The van der Waals surface area contributed by atoms with Gasteiger partial charge in [-0.25, -0.2) is 0 Å². The fourth-order valence-corrected chi connectivity index (χ4v) is 4.01. The summed E-state index contributed by atoms with van der Waals surface area (Å²) in [5.74, 6) is -0.463. The van der Waals surface area contributed by atoms with E-state index in [4.69, 9.17) is 16.3 Å². The molecule has 31 heavy (non-hydrogen) atoms. The van der Waals surface area contributed by atoms with Crippen LogP contribution in [-0.4, -0.2) is 59.4 Å². The SMILES string of the molecule is C[S+]([O-])c1ccc(Cl)c(C(=O)NCC(c2ccc(C(F)(F)F)nc2)N2CCOCC2)c1. The van der Waals surface area contributed by atoms with Gasteiger partial charge in [0.25, 0.3) is 5.91 Å². The van der Waals surface area contributed by atoms with E-state index < -0.39 is 35.0 Å². The number of nitrogens with zero attached hydrogens (tertiary/aromatic N) is 2. The summed E-state index contributed by atoms with van der Waals surface area (Å²) in [6, 6.07) is 6.46. The molecule has 1 amide bonds. The van der Waals surface area contributed by atoms with E-state index in [1.807, 2.05) is 4.90 Å². The van der Waals surface area contributed by atoms with Crippen LogP contribution in [0, 0.1) is 0 Å². The number of amides is 1. The molecule has 0 radical (unpaired) electrons. The van der Waals surface area contributed by atoms with Gasteiger partial charge in [-0.2, -0.15) is 13.2 Å². The van der Waals surface area contributed by atoms with Gasteiger partial charge in [-0.1, -0.05) is 17.7 Å². The highest BCUT2D eigenvalue weighted by Crippen LogP contribution is 2.29. The number of morpholine rings is 1. The Bertz CT molecular complexity index is 907. The van der Waals surface area contributed by atoms with Crippen LogP contribution in [0.4, 0.5) is 13.2 Å². The lowest BCUT2D eigenvalue weighted by Gasteiger charge is -2.34. The summed E-state index contributed by atoms with van der Waals surface area (Å²) in [5, 5.41) is 3.01. The van der Waals surface area contributed by atoms with Crippen LogP contribution < -0.4 is 5.32 Å². The highest BCUT2D eigenvalue weighted by molar-refractivity contribution is 7.90. The number of alkyl halides is 3. The predicted octanol–water partition coefficient (Wildman–Crippen LogP) is 3.29. The number of hydrogen-bond acceptors (Lipinski definition) is 5. The third kappa shape index (κ3) is 6.11. The standard InChI is InChI=1S/C20H21ClF3N3O3S/c1-31(29)14-3-4-16(21)15(10-14)19(28)26-12-17(27-6-8-30-9-7-27)13-2-5-18(25-11-13)20(22,23)24/h2-5,10-11,17H,6-9,12H2,1H3,(H,26,28). The summed E-state index contributed by atoms with van der Waals surface area (Å²) < 4.78 is 55.7. The molecular weight excluding hydrogens is 455 g/mol. The maximum absolute atomic E-state index is 12.9. The van der Waals surface area contributed by atoms with Gasteiger partial charge in [0.05, 0.1) is 29.8 Å². The molecule has 1 fully saturated rings. The first-order chi connectivity index (χ1) is 14.7. The number of halogens is 4. The highest BCUT2D eigenvalue weighted by Gasteiger charge is 2.33. The van der Waals surface area contributed by atoms with Gasteiger partial charge in [0.2, 0.25) is 0 Å². The number of pyridine rings is 1.